The van der Waals surface area contributed by atoms with Crippen LogP contribution in [0.5, 0.6) is 0 Å². The van der Waals surface area contributed by atoms with Crippen LogP contribution < -0.4 is 5.32 Å². The molecule has 2 nitrogen and oxygen atoms in total. The number of rotatable bonds is 8. The highest BCUT2D eigenvalue weighted by Crippen LogP contribution is 2.09. The smallest absolute Gasteiger partial charge is 0.0809 e. The molecule has 0 saturated heterocycles. The second kappa shape index (κ2) is 7.97. The Labute approximate surface area is 90.3 Å². The molecule has 3 heteroatoms. The fraction of sp³-hybridized carbons (Fsp3) is 0.636. The lowest BCUT2D eigenvalue weighted by Crippen LogP contribution is -2.14. The lowest BCUT2D eigenvalue weighted by molar-refractivity contribution is 0.119. The molecule has 1 heterocycles. The highest BCUT2D eigenvalue weighted by atomic mass is 32.1. The molecule has 0 saturated carbocycles. The van der Waals surface area contributed by atoms with E-state index < -0.39 is 0 Å². The van der Waals surface area contributed by atoms with E-state index in [9.17, 15) is 0 Å². The number of nitrogens with one attached hydrogen (secondary N) is 1. The van der Waals surface area contributed by atoms with Crippen LogP contribution in [-0.2, 0) is 11.3 Å². The first-order chi connectivity index (χ1) is 6.93. The lowest BCUT2D eigenvalue weighted by atomic mass is 10.3. The van der Waals surface area contributed by atoms with Gasteiger partial charge in [-0.25, -0.2) is 0 Å². The maximum atomic E-state index is 5.54. The summed E-state index contributed by atoms with van der Waals surface area (Å²) in [4.78, 5) is 1.32. The van der Waals surface area contributed by atoms with Crippen LogP contribution in [0.1, 0.15) is 24.6 Å². The third-order valence-electron chi connectivity index (χ3n) is 1.97. The van der Waals surface area contributed by atoms with Gasteiger partial charge >= 0.3 is 0 Å². The van der Waals surface area contributed by atoms with Crippen LogP contribution in [0.4, 0.5) is 0 Å². The normalized spacial score (nSPS) is 10.6. The van der Waals surface area contributed by atoms with Gasteiger partial charge in [0.05, 0.1) is 6.61 Å². The minimum Gasteiger partial charge on any atom is -0.376 e. The van der Waals surface area contributed by atoms with Crippen molar-refractivity contribution in [3.05, 3.63) is 22.4 Å². The molecule has 1 aromatic heterocycles. The van der Waals surface area contributed by atoms with Crippen molar-refractivity contribution in [2.75, 3.05) is 19.7 Å². The molecule has 0 aromatic carbocycles. The second-order valence-corrected chi connectivity index (χ2v) is 4.22. The van der Waals surface area contributed by atoms with Crippen molar-refractivity contribution < 1.29 is 4.74 Å². The SMILES string of the molecule is CCNCCCCOCc1cccs1. The average Bonchev–Trinajstić information content (AvgIpc) is 2.69. The molecule has 0 fully saturated rings. The first-order valence-corrected chi connectivity index (χ1v) is 6.12. The Morgan fingerprint density at radius 3 is 3.07 bits per heavy atom. The summed E-state index contributed by atoms with van der Waals surface area (Å²) in [6, 6.07) is 4.18. The zero-order valence-electron chi connectivity index (χ0n) is 8.79. The third-order valence-corrected chi connectivity index (χ3v) is 2.82. The summed E-state index contributed by atoms with van der Waals surface area (Å²) in [6.07, 6.45) is 2.36. The van der Waals surface area contributed by atoms with Gasteiger partial charge < -0.3 is 10.1 Å². The fourth-order valence-electron chi connectivity index (χ4n) is 1.20. The monoisotopic (exact) mass is 213 g/mol. The molecule has 1 rings (SSSR count). The maximum absolute atomic E-state index is 5.54. The Morgan fingerprint density at radius 1 is 1.43 bits per heavy atom. The van der Waals surface area contributed by atoms with Crippen molar-refractivity contribution in [2.45, 2.75) is 26.4 Å². The van der Waals surface area contributed by atoms with Crippen LogP contribution >= 0.6 is 11.3 Å². The predicted molar refractivity (Wildman–Crippen MR) is 61.8 cm³/mol. The van der Waals surface area contributed by atoms with Crippen molar-refractivity contribution in [1.29, 1.82) is 0 Å². The zero-order valence-corrected chi connectivity index (χ0v) is 9.61. The van der Waals surface area contributed by atoms with Gasteiger partial charge in [-0.2, -0.15) is 0 Å². The Morgan fingerprint density at radius 2 is 2.36 bits per heavy atom. The number of thiophene rings is 1. The molecule has 0 spiro atoms. The number of hydrogen-bond donors (Lipinski definition) is 1. The summed E-state index contributed by atoms with van der Waals surface area (Å²) in [5, 5.41) is 5.39. The van der Waals surface area contributed by atoms with E-state index in [0.717, 1.165) is 32.7 Å². The summed E-state index contributed by atoms with van der Waals surface area (Å²) in [5.41, 5.74) is 0. The standard InChI is InChI=1S/C11H19NOS/c1-2-12-7-3-4-8-13-10-11-6-5-9-14-11/h5-6,9,12H,2-4,7-8,10H2,1H3. The van der Waals surface area contributed by atoms with Gasteiger partial charge in [-0.3, -0.25) is 0 Å². The molecular weight excluding hydrogens is 194 g/mol. The number of unbranched alkanes of at least 4 members (excludes halogenated alkanes) is 1. The number of hydrogen-bond acceptors (Lipinski definition) is 3. The molecular formula is C11H19NOS. The van der Waals surface area contributed by atoms with Gasteiger partial charge in [0.25, 0.3) is 0 Å². The van der Waals surface area contributed by atoms with Crippen LogP contribution in [0.25, 0.3) is 0 Å². The van der Waals surface area contributed by atoms with E-state index in [1.54, 1.807) is 11.3 Å². The largest absolute Gasteiger partial charge is 0.376 e. The van der Waals surface area contributed by atoms with Crippen LogP contribution in [0.2, 0.25) is 0 Å². The van der Waals surface area contributed by atoms with Crippen molar-refractivity contribution in [3.63, 3.8) is 0 Å². The van der Waals surface area contributed by atoms with Gasteiger partial charge in [0.15, 0.2) is 0 Å². The molecule has 80 valence electrons. The molecule has 0 bridgehead atoms. The molecule has 0 aliphatic rings. The Kier molecular flexibility index (Phi) is 6.66. The molecule has 0 amide bonds. The van der Waals surface area contributed by atoms with Gasteiger partial charge in [-0.05, 0) is 37.4 Å². The topological polar surface area (TPSA) is 21.3 Å². The van der Waals surface area contributed by atoms with E-state index >= 15 is 0 Å². The lowest BCUT2D eigenvalue weighted by Gasteiger charge is -2.03. The summed E-state index contributed by atoms with van der Waals surface area (Å²) in [6.45, 7) is 5.96. The van der Waals surface area contributed by atoms with Gasteiger partial charge in [0.2, 0.25) is 0 Å². The van der Waals surface area contributed by atoms with Crippen LogP contribution in [0.3, 0.4) is 0 Å². The summed E-state index contributed by atoms with van der Waals surface area (Å²) in [5.74, 6) is 0. The highest BCUT2D eigenvalue weighted by Gasteiger charge is 1.93. The first-order valence-electron chi connectivity index (χ1n) is 5.24. The van der Waals surface area contributed by atoms with E-state index in [1.807, 2.05) is 0 Å². The van der Waals surface area contributed by atoms with Crippen molar-refractivity contribution in [2.24, 2.45) is 0 Å². The molecule has 0 unspecified atom stereocenters. The Hall–Kier alpha value is -0.380. The van der Waals surface area contributed by atoms with Crippen molar-refractivity contribution >= 4 is 11.3 Å². The molecule has 14 heavy (non-hydrogen) atoms. The molecule has 0 aliphatic carbocycles. The minimum atomic E-state index is 0.777. The third kappa shape index (κ3) is 5.37. The van der Waals surface area contributed by atoms with E-state index in [1.165, 1.54) is 11.3 Å². The Bertz CT molecular complexity index is 211. The molecule has 1 aromatic rings. The quantitative estimate of drug-likeness (QED) is 0.670. The van der Waals surface area contributed by atoms with E-state index in [4.69, 9.17) is 4.74 Å². The van der Waals surface area contributed by atoms with Crippen LogP contribution in [-0.4, -0.2) is 19.7 Å². The van der Waals surface area contributed by atoms with Gasteiger partial charge in [0.1, 0.15) is 0 Å². The summed E-state index contributed by atoms with van der Waals surface area (Å²) < 4.78 is 5.54. The van der Waals surface area contributed by atoms with Crippen molar-refractivity contribution in [1.82, 2.24) is 5.32 Å². The molecule has 0 atom stereocenters. The highest BCUT2D eigenvalue weighted by molar-refractivity contribution is 7.09. The van der Waals surface area contributed by atoms with E-state index in [0.29, 0.717) is 0 Å². The zero-order chi connectivity index (χ0) is 10.1. The first kappa shape index (κ1) is 11.7. The maximum Gasteiger partial charge on any atom is 0.0809 e. The van der Waals surface area contributed by atoms with Gasteiger partial charge in [-0.1, -0.05) is 13.0 Å². The van der Waals surface area contributed by atoms with E-state index in [2.05, 4.69) is 29.8 Å². The Balaban J connectivity index is 1.85. The van der Waals surface area contributed by atoms with Crippen LogP contribution in [0.15, 0.2) is 17.5 Å². The average molecular weight is 213 g/mol. The summed E-state index contributed by atoms with van der Waals surface area (Å²) in [7, 11) is 0. The predicted octanol–water partition coefficient (Wildman–Crippen LogP) is 2.65. The molecule has 0 aliphatic heterocycles. The minimum absolute atomic E-state index is 0.777. The van der Waals surface area contributed by atoms with Crippen molar-refractivity contribution in [3.8, 4) is 0 Å². The van der Waals surface area contributed by atoms with Gasteiger partial charge in [-0.15, -0.1) is 11.3 Å². The van der Waals surface area contributed by atoms with E-state index in [-0.39, 0.29) is 0 Å². The summed E-state index contributed by atoms with van der Waals surface area (Å²) >= 11 is 1.76. The van der Waals surface area contributed by atoms with Gasteiger partial charge in [0, 0.05) is 11.5 Å². The van der Waals surface area contributed by atoms with Crippen LogP contribution in [0, 0.1) is 0 Å². The molecule has 1 N–H and O–H groups in total. The fourth-order valence-corrected chi connectivity index (χ4v) is 1.84. The number of ether oxygens (including phenoxy) is 1. The second-order valence-electron chi connectivity index (χ2n) is 3.19. The molecule has 0 radical (unpaired) electrons.